The molecule has 1 saturated heterocycles. The molecule has 0 radical (unpaired) electrons. The number of nitrogens with one attached hydrogen (secondary N) is 1. The van der Waals surface area contributed by atoms with Crippen LogP contribution in [0.3, 0.4) is 0 Å². The Balaban J connectivity index is 1.66. The highest BCUT2D eigenvalue weighted by Crippen LogP contribution is 2.49. The molecule has 0 spiro atoms. The highest BCUT2D eigenvalue weighted by atomic mass is 32.2. The standard InChI is InChI=1S/C17H25NO2S/c1-21(19,20)13-17(8-9-17)16-4-2-14(3-5-16)12-15-6-10-18-11-7-15/h2-5,15,18H,6-13H2,1H3. The van der Waals surface area contributed by atoms with Crippen LogP contribution in [0.5, 0.6) is 0 Å². The highest BCUT2D eigenvalue weighted by molar-refractivity contribution is 7.90. The summed E-state index contributed by atoms with van der Waals surface area (Å²) in [6.07, 6.45) is 7.04. The molecular formula is C17H25NO2S. The quantitative estimate of drug-likeness (QED) is 0.908. The summed E-state index contributed by atoms with van der Waals surface area (Å²) < 4.78 is 23.2. The predicted molar refractivity (Wildman–Crippen MR) is 86.4 cm³/mol. The van der Waals surface area contributed by atoms with Crippen LogP contribution < -0.4 is 5.32 Å². The molecule has 116 valence electrons. The molecule has 0 atom stereocenters. The van der Waals surface area contributed by atoms with Crippen LogP contribution in [-0.4, -0.2) is 33.5 Å². The molecule has 3 nitrogen and oxygen atoms in total. The van der Waals surface area contributed by atoms with E-state index in [0.29, 0.717) is 5.75 Å². The molecule has 3 rings (SSSR count). The molecule has 21 heavy (non-hydrogen) atoms. The second kappa shape index (κ2) is 5.73. The maximum atomic E-state index is 11.6. The molecule has 2 fully saturated rings. The van der Waals surface area contributed by atoms with Crippen molar-refractivity contribution in [2.45, 2.75) is 37.5 Å². The molecule has 1 aliphatic carbocycles. The zero-order chi connectivity index (χ0) is 14.9. The number of hydrogen-bond donors (Lipinski definition) is 1. The molecule has 1 heterocycles. The van der Waals surface area contributed by atoms with Gasteiger partial charge in [0.2, 0.25) is 0 Å². The van der Waals surface area contributed by atoms with Gasteiger partial charge in [-0.05, 0) is 62.2 Å². The summed E-state index contributed by atoms with van der Waals surface area (Å²) in [5.41, 5.74) is 2.52. The Hall–Kier alpha value is -0.870. The summed E-state index contributed by atoms with van der Waals surface area (Å²) >= 11 is 0. The van der Waals surface area contributed by atoms with Crippen molar-refractivity contribution in [3.63, 3.8) is 0 Å². The van der Waals surface area contributed by atoms with Crippen LogP contribution in [0.15, 0.2) is 24.3 Å². The van der Waals surface area contributed by atoms with E-state index in [1.165, 1.54) is 30.2 Å². The first-order valence-corrected chi connectivity index (χ1v) is 10.0. The summed E-state index contributed by atoms with van der Waals surface area (Å²) in [6, 6.07) is 8.74. The molecule has 1 saturated carbocycles. The number of hydrogen-bond acceptors (Lipinski definition) is 3. The van der Waals surface area contributed by atoms with E-state index in [4.69, 9.17) is 0 Å². The molecule has 4 heteroatoms. The van der Waals surface area contributed by atoms with E-state index < -0.39 is 9.84 Å². The van der Waals surface area contributed by atoms with Crippen molar-refractivity contribution in [2.75, 3.05) is 25.1 Å². The van der Waals surface area contributed by atoms with Gasteiger partial charge in [-0.3, -0.25) is 0 Å². The molecule has 0 amide bonds. The molecule has 1 aromatic carbocycles. The lowest BCUT2D eigenvalue weighted by Crippen LogP contribution is -2.28. The minimum absolute atomic E-state index is 0.0825. The highest BCUT2D eigenvalue weighted by Gasteiger charge is 2.46. The van der Waals surface area contributed by atoms with Gasteiger partial charge in [0.05, 0.1) is 5.75 Å². The van der Waals surface area contributed by atoms with Crippen LogP contribution in [-0.2, 0) is 21.7 Å². The third kappa shape index (κ3) is 3.86. The molecule has 1 N–H and O–H groups in total. The lowest BCUT2D eigenvalue weighted by Gasteiger charge is -2.23. The van der Waals surface area contributed by atoms with E-state index in [9.17, 15) is 8.42 Å². The summed E-state index contributed by atoms with van der Waals surface area (Å²) in [6.45, 7) is 2.28. The Bertz CT molecular complexity index is 582. The zero-order valence-electron chi connectivity index (χ0n) is 12.8. The minimum Gasteiger partial charge on any atom is -0.317 e. The maximum absolute atomic E-state index is 11.6. The van der Waals surface area contributed by atoms with Gasteiger partial charge < -0.3 is 5.32 Å². The van der Waals surface area contributed by atoms with Crippen molar-refractivity contribution in [1.29, 1.82) is 0 Å². The molecule has 0 bridgehead atoms. The van der Waals surface area contributed by atoms with Gasteiger partial charge in [-0.2, -0.15) is 0 Å². The summed E-state index contributed by atoms with van der Waals surface area (Å²) in [7, 11) is -2.91. The third-order valence-electron chi connectivity index (χ3n) is 4.94. The second-order valence-corrected chi connectivity index (χ2v) is 9.09. The first-order chi connectivity index (χ1) is 9.97. The van der Waals surface area contributed by atoms with Gasteiger partial charge in [-0.15, -0.1) is 0 Å². The number of rotatable bonds is 5. The number of benzene rings is 1. The molecule has 0 unspecified atom stereocenters. The van der Waals surface area contributed by atoms with Crippen molar-refractivity contribution in [3.8, 4) is 0 Å². The Morgan fingerprint density at radius 1 is 1.14 bits per heavy atom. The van der Waals surface area contributed by atoms with Gasteiger partial charge >= 0.3 is 0 Å². The van der Waals surface area contributed by atoms with E-state index in [1.807, 2.05) is 0 Å². The van der Waals surface area contributed by atoms with Gasteiger partial charge in [0.25, 0.3) is 0 Å². The first-order valence-electron chi connectivity index (χ1n) is 7.95. The van der Waals surface area contributed by atoms with E-state index in [1.54, 1.807) is 0 Å². The lowest BCUT2D eigenvalue weighted by molar-refractivity contribution is 0.372. The van der Waals surface area contributed by atoms with Crippen molar-refractivity contribution in [2.24, 2.45) is 5.92 Å². The fourth-order valence-electron chi connectivity index (χ4n) is 3.58. The van der Waals surface area contributed by atoms with Gasteiger partial charge in [-0.1, -0.05) is 24.3 Å². The lowest BCUT2D eigenvalue weighted by atomic mass is 9.89. The van der Waals surface area contributed by atoms with Crippen LogP contribution in [0.25, 0.3) is 0 Å². The zero-order valence-corrected chi connectivity index (χ0v) is 13.6. The molecule has 2 aliphatic rings. The Kier molecular flexibility index (Phi) is 4.10. The van der Waals surface area contributed by atoms with E-state index >= 15 is 0 Å². The topological polar surface area (TPSA) is 46.2 Å². The first kappa shape index (κ1) is 15.0. The van der Waals surface area contributed by atoms with Crippen LogP contribution in [0.4, 0.5) is 0 Å². The van der Waals surface area contributed by atoms with Crippen molar-refractivity contribution >= 4 is 9.84 Å². The fraction of sp³-hybridized carbons (Fsp3) is 0.647. The molecule has 1 aromatic rings. The SMILES string of the molecule is CS(=O)(=O)CC1(c2ccc(CC3CCNCC3)cc2)CC1. The maximum Gasteiger partial charge on any atom is 0.148 e. The average molecular weight is 307 g/mol. The monoisotopic (exact) mass is 307 g/mol. The predicted octanol–water partition coefficient (Wildman–Crippen LogP) is 2.30. The number of sulfone groups is 1. The van der Waals surface area contributed by atoms with Gasteiger partial charge in [-0.25, -0.2) is 8.42 Å². The molecule has 1 aliphatic heterocycles. The minimum atomic E-state index is -2.91. The largest absolute Gasteiger partial charge is 0.317 e. The van der Waals surface area contributed by atoms with Crippen LogP contribution in [0.2, 0.25) is 0 Å². The van der Waals surface area contributed by atoms with Crippen LogP contribution in [0, 0.1) is 5.92 Å². The Morgan fingerprint density at radius 3 is 2.29 bits per heavy atom. The van der Waals surface area contributed by atoms with E-state index in [0.717, 1.165) is 38.3 Å². The van der Waals surface area contributed by atoms with Crippen molar-refractivity contribution < 1.29 is 8.42 Å². The summed E-state index contributed by atoms with van der Waals surface area (Å²) in [4.78, 5) is 0. The average Bonchev–Trinajstić information content (AvgIpc) is 3.19. The van der Waals surface area contributed by atoms with E-state index in [2.05, 4.69) is 29.6 Å². The van der Waals surface area contributed by atoms with Crippen molar-refractivity contribution in [3.05, 3.63) is 35.4 Å². The molecular weight excluding hydrogens is 282 g/mol. The van der Waals surface area contributed by atoms with Crippen molar-refractivity contribution in [1.82, 2.24) is 5.32 Å². The second-order valence-electron chi connectivity index (χ2n) is 6.94. The van der Waals surface area contributed by atoms with Gasteiger partial charge in [0.1, 0.15) is 9.84 Å². The Morgan fingerprint density at radius 2 is 1.76 bits per heavy atom. The summed E-state index contributed by atoms with van der Waals surface area (Å²) in [5.74, 6) is 1.09. The normalized spacial score (nSPS) is 22.1. The molecule has 0 aromatic heterocycles. The van der Waals surface area contributed by atoms with Crippen LogP contribution >= 0.6 is 0 Å². The van der Waals surface area contributed by atoms with Gasteiger partial charge in [0.15, 0.2) is 0 Å². The smallest absolute Gasteiger partial charge is 0.148 e. The Labute approximate surface area is 128 Å². The fourth-order valence-corrected chi connectivity index (χ4v) is 5.04. The third-order valence-corrected chi connectivity index (χ3v) is 6.02. The van der Waals surface area contributed by atoms with E-state index in [-0.39, 0.29) is 5.41 Å². The van der Waals surface area contributed by atoms with Crippen LogP contribution in [0.1, 0.15) is 36.8 Å². The number of piperidine rings is 1. The van der Waals surface area contributed by atoms with Gasteiger partial charge in [0, 0.05) is 11.7 Å². The summed E-state index contributed by atoms with van der Waals surface area (Å²) in [5, 5.41) is 3.40.